The molecule has 3 heterocycles. The van der Waals surface area contributed by atoms with E-state index in [0.29, 0.717) is 30.6 Å². The van der Waals surface area contributed by atoms with Crippen LogP contribution in [0.4, 0.5) is 22.9 Å². The molecule has 1 N–H and O–H groups in total. The smallest absolute Gasteiger partial charge is 0.249 e. The predicted molar refractivity (Wildman–Crippen MR) is 138 cm³/mol. The Hall–Kier alpha value is -2.69. The number of likely N-dealkylation sites (N-methyl/N-ethyl adjacent to an activating group) is 2. The van der Waals surface area contributed by atoms with Gasteiger partial charge in [0.05, 0.1) is 22.5 Å². The second kappa shape index (κ2) is 9.40. The van der Waals surface area contributed by atoms with Crippen LogP contribution in [-0.4, -0.2) is 80.9 Å². The molecule has 1 aliphatic carbocycles. The molecule has 5 rings (SSSR count). The Bertz CT molecular complexity index is 1210. The van der Waals surface area contributed by atoms with Gasteiger partial charge in [-0.25, -0.2) is 13.4 Å². The number of sulfonamides is 1. The van der Waals surface area contributed by atoms with Gasteiger partial charge < -0.3 is 20.0 Å². The summed E-state index contributed by atoms with van der Waals surface area (Å²) in [6.07, 6.45) is 6.25. The van der Waals surface area contributed by atoms with Crippen LogP contribution >= 0.6 is 0 Å². The van der Waals surface area contributed by atoms with Crippen LogP contribution in [0, 0.1) is 0 Å². The normalized spacial score (nSPS) is 22.5. The largest absolute Gasteiger partial charge is 0.355 e. The summed E-state index contributed by atoms with van der Waals surface area (Å²) in [4.78, 5) is 23.8. The van der Waals surface area contributed by atoms with Crippen LogP contribution in [0.2, 0.25) is 0 Å². The van der Waals surface area contributed by atoms with Gasteiger partial charge in [-0.2, -0.15) is 4.31 Å². The summed E-state index contributed by atoms with van der Waals surface area (Å²) in [5, 5.41) is 3.30. The molecule has 1 saturated heterocycles. The number of anilines is 4. The zero-order valence-corrected chi connectivity index (χ0v) is 21.5. The monoisotopic (exact) mass is 498 g/mol. The lowest BCUT2D eigenvalue weighted by Gasteiger charge is -2.43. The zero-order chi connectivity index (χ0) is 24.7. The fourth-order valence-electron chi connectivity index (χ4n) is 5.45. The minimum Gasteiger partial charge on any atom is -0.355 e. The number of fused-ring (bicyclic) bond motifs is 1. The van der Waals surface area contributed by atoms with E-state index in [9.17, 15) is 13.2 Å². The number of piperazine rings is 1. The first-order chi connectivity index (χ1) is 16.8. The van der Waals surface area contributed by atoms with Crippen molar-refractivity contribution in [3.63, 3.8) is 0 Å². The molecule has 1 atom stereocenters. The van der Waals surface area contributed by atoms with E-state index < -0.39 is 10.0 Å². The molecule has 1 amide bonds. The molecule has 2 fully saturated rings. The number of rotatable bonds is 5. The third-order valence-corrected chi connectivity index (χ3v) is 9.43. The van der Waals surface area contributed by atoms with Gasteiger partial charge in [-0.15, -0.1) is 0 Å². The summed E-state index contributed by atoms with van der Waals surface area (Å²) in [6, 6.07) is 9.00. The minimum atomic E-state index is -3.56. The summed E-state index contributed by atoms with van der Waals surface area (Å²) in [5.41, 5.74) is 2.45. The Labute approximate surface area is 207 Å². The van der Waals surface area contributed by atoms with Gasteiger partial charge in [-0.05, 0) is 45.0 Å². The van der Waals surface area contributed by atoms with Crippen molar-refractivity contribution in [1.82, 2.24) is 14.2 Å². The third-order valence-electron chi connectivity index (χ3n) is 7.53. The average Bonchev–Trinajstić information content (AvgIpc) is 3.38. The molecule has 35 heavy (non-hydrogen) atoms. The highest BCUT2D eigenvalue weighted by molar-refractivity contribution is 7.89. The molecule has 2 aliphatic heterocycles. The predicted octanol–water partition coefficient (Wildman–Crippen LogP) is 2.88. The standard InChI is InChI=1S/C25H34N6O3S/c1-18-25(32)29(3)23-17-26-24(16-22(23)31(18)20-8-4-5-9-20)27-19-7-6-10-21(15-19)35(33,34)30-13-11-28(2)12-14-30/h6-7,10,15-18,20H,4-5,8-9,11-14H2,1-3H3,(H,26,27)/t18-/m1/s1. The van der Waals surface area contributed by atoms with Gasteiger partial charge in [0.1, 0.15) is 11.9 Å². The van der Waals surface area contributed by atoms with E-state index in [0.717, 1.165) is 37.3 Å². The Kier molecular flexibility index (Phi) is 6.45. The molecule has 188 valence electrons. The molecule has 0 spiro atoms. The Morgan fingerprint density at radius 1 is 1.00 bits per heavy atom. The second-order valence-electron chi connectivity index (χ2n) is 9.84. The quantitative estimate of drug-likeness (QED) is 0.678. The van der Waals surface area contributed by atoms with Crippen molar-refractivity contribution in [1.29, 1.82) is 0 Å². The van der Waals surface area contributed by atoms with Gasteiger partial charge >= 0.3 is 0 Å². The number of hydrogen-bond acceptors (Lipinski definition) is 7. The molecule has 1 aromatic heterocycles. The van der Waals surface area contributed by atoms with Crippen LogP contribution in [0.1, 0.15) is 32.6 Å². The number of benzene rings is 1. The first-order valence-electron chi connectivity index (χ1n) is 12.4. The summed E-state index contributed by atoms with van der Waals surface area (Å²) < 4.78 is 28.0. The van der Waals surface area contributed by atoms with Gasteiger partial charge in [0.15, 0.2) is 0 Å². The Morgan fingerprint density at radius 2 is 1.71 bits per heavy atom. The summed E-state index contributed by atoms with van der Waals surface area (Å²) in [7, 11) is 0.238. The number of nitrogens with one attached hydrogen (secondary N) is 1. The Morgan fingerprint density at radius 3 is 2.43 bits per heavy atom. The van der Waals surface area contributed by atoms with Crippen LogP contribution < -0.4 is 15.1 Å². The number of nitrogens with zero attached hydrogens (tertiary/aromatic N) is 5. The fraction of sp³-hybridized carbons (Fsp3) is 0.520. The maximum absolute atomic E-state index is 13.2. The number of aromatic nitrogens is 1. The van der Waals surface area contributed by atoms with E-state index >= 15 is 0 Å². The van der Waals surface area contributed by atoms with E-state index in [1.54, 1.807) is 40.6 Å². The van der Waals surface area contributed by atoms with E-state index in [1.165, 1.54) is 12.8 Å². The highest BCUT2D eigenvalue weighted by Crippen LogP contribution is 2.41. The van der Waals surface area contributed by atoms with Crippen molar-refractivity contribution in [2.24, 2.45) is 0 Å². The van der Waals surface area contributed by atoms with E-state index in [4.69, 9.17) is 0 Å². The maximum atomic E-state index is 13.2. The summed E-state index contributed by atoms with van der Waals surface area (Å²) >= 11 is 0. The molecule has 0 unspecified atom stereocenters. The van der Waals surface area contributed by atoms with Gasteiger partial charge in [0.2, 0.25) is 15.9 Å². The number of hydrogen-bond donors (Lipinski definition) is 1. The van der Waals surface area contributed by atoms with Gasteiger partial charge in [0.25, 0.3) is 0 Å². The molecule has 3 aliphatic rings. The molecule has 2 aromatic rings. The van der Waals surface area contributed by atoms with Gasteiger partial charge in [-0.3, -0.25) is 4.79 Å². The van der Waals surface area contributed by atoms with Crippen LogP contribution in [0.5, 0.6) is 0 Å². The number of carbonyl (C=O) groups is 1. The van der Waals surface area contributed by atoms with E-state index in [2.05, 4.69) is 20.1 Å². The molecule has 9 nitrogen and oxygen atoms in total. The second-order valence-corrected chi connectivity index (χ2v) is 11.8. The Balaban J connectivity index is 1.42. The number of amides is 1. The minimum absolute atomic E-state index is 0.0775. The van der Waals surface area contributed by atoms with Crippen LogP contribution in [0.3, 0.4) is 0 Å². The summed E-state index contributed by atoms with van der Waals surface area (Å²) in [6.45, 7) is 4.40. The number of pyridine rings is 1. The van der Waals surface area contributed by atoms with Crippen molar-refractivity contribution < 1.29 is 13.2 Å². The van der Waals surface area contributed by atoms with Gasteiger partial charge in [-0.1, -0.05) is 18.9 Å². The molecular formula is C25H34N6O3S. The SMILES string of the molecule is C[C@@H]1C(=O)N(C)c2cnc(Nc3cccc(S(=O)(=O)N4CCN(C)CC4)c3)cc2N1C1CCCC1. The van der Waals surface area contributed by atoms with Crippen molar-refractivity contribution in [3.05, 3.63) is 36.5 Å². The van der Waals surface area contributed by atoms with Crippen LogP contribution in [0.25, 0.3) is 0 Å². The molecule has 1 saturated carbocycles. The zero-order valence-electron chi connectivity index (χ0n) is 20.6. The molecule has 0 radical (unpaired) electrons. The third kappa shape index (κ3) is 4.50. The van der Waals surface area contributed by atoms with Crippen molar-refractivity contribution in [2.75, 3.05) is 55.4 Å². The molecular weight excluding hydrogens is 464 g/mol. The first-order valence-corrected chi connectivity index (χ1v) is 13.8. The maximum Gasteiger partial charge on any atom is 0.249 e. The first kappa shape index (κ1) is 24.0. The van der Waals surface area contributed by atoms with Crippen molar-refractivity contribution in [3.8, 4) is 0 Å². The van der Waals surface area contributed by atoms with Crippen LogP contribution in [0.15, 0.2) is 41.4 Å². The fourth-order valence-corrected chi connectivity index (χ4v) is 6.92. The highest BCUT2D eigenvalue weighted by atomic mass is 32.2. The van der Waals surface area contributed by atoms with Gasteiger partial charge in [0, 0.05) is 51.0 Å². The summed E-state index contributed by atoms with van der Waals surface area (Å²) in [5.74, 6) is 0.699. The molecule has 10 heteroatoms. The lowest BCUT2D eigenvalue weighted by Crippen LogP contribution is -2.54. The number of carbonyl (C=O) groups excluding carboxylic acids is 1. The average molecular weight is 499 g/mol. The van der Waals surface area contributed by atoms with E-state index in [1.807, 2.05) is 26.1 Å². The molecule has 1 aromatic carbocycles. The van der Waals surface area contributed by atoms with E-state index in [-0.39, 0.29) is 16.8 Å². The molecule has 0 bridgehead atoms. The topological polar surface area (TPSA) is 89.1 Å². The van der Waals surface area contributed by atoms with Crippen molar-refractivity contribution >= 4 is 38.8 Å². The van der Waals surface area contributed by atoms with Crippen LogP contribution in [-0.2, 0) is 14.8 Å². The highest BCUT2D eigenvalue weighted by Gasteiger charge is 2.38. The van der Waals surface area contributed by atoms with Crippen molar-refractivity contribution in [2.45, 2.75) is 49.6 Å². The lowest BCUT2D eigenvalue weighted by atomic mass is 10.0. The lowest BCUT2D eigenvalue weighted by molar-refractivity contribution is -0.119.